The van der Waals surface area contributed by atoms with Crippen LogP contribution < -0.4 is 4.74 Å². The number of hydrogen-bond acceptors (Lipinski definition) is 4. The third kappa shape index (κ3) is 2.65. The molecule has 0 saturated carbocycles. The van der Waals surface area contributed by atoms with Gasteiger partial charge in [0.05, 0.1) is 12.0 Å². The second-order valence-corrected chi connectivity index (χ2v) is 5.22. The van der Waals surface area contributed by atoms with Gasteiger partial charge in [0.1, 0.15) is 10.9 Å². The molecule has 0 N–H and O–H groups in total. The van der Waals surface area contributed by atoms with Gasteiger partial charge in [0.25, 0.3) is 0 Å². The molecule has 1 heterocycles. The summed E-state index contributed by atoms with van der Waals surface area (Å²) in [7, 11) is 1.66. The molecule has 2 rings (SSSR count). The molecule has 2 nitrogen and oxygen atoms in total. The minimum atomic E-state index is 0.539. The van der Waals surface area contributed by atoms with E-state index in [-0.39, 0.29) is 0 Å². The van der Waals surface area contributed by atoms with Crippen LogP contribution in [-0.2, 0) is 0 Å². The van der Waals surface area contributed by atoms with Gasteiger partial charge < -0.3 is 4.74 Å². The molecule has 0 amide bonds. The van der Waals surface area contributed by atoms with Crippen molar-refractivity contribution in [3.8, 4) is 5.75 Å². The first kappa shape index (κ1) is 10.8. The number of methoxy groups -OCH3 is 1. The van der Waals surface area contributed by atoms with E-state index in [4.69, 9.17) is 16.3 Å². The molecule has 2 aromatic rings. The third-order valence-corrected chi connectivity index (χ3v) is 4.04. The Labute approximate surface area is 101 Å². The Morgan fingerprint density at radius 2 is 2.20 bits per heavy atom. The number of ether oxygens (including phenoxy) is 1. The zero-order valence-electron chi connectivity index (χ0n) is 7.94. The predicted molar refractivity (Wildman–Crippen MR) is 64.2 cm³/mol. The number of thiazole rings is 1. The second kappa shape index (κ2) is 4.88. The Morgan fingerprint density at radius 1 is 1.40 bits per heavy atom. The van der Waals surface area contributed by atoms with Gasteiger partial charge in [-0.3, -0.25) is 0 Å². The molecule has 0 aliphatic carbocycles. The molecular formula is C10H8ClNOS2. The van der Waals surface area contributed by atoms with Crippen molar-refractivity contribution in [3.05, 3.63) is 34.8 Å². The zero-order valence-corrected chi connectivity index (χ0v) is 10.3. The molecule has 15 heavy (non-hydrogen) atoms. The van der Waals surface area contributed by atoms with Crippen LogP contribution in [0.5, 0.6) is 5.75 Å². The van der Waals surface area contributed by atoms with Crippen molar-refractivity contribution in [2.24, 2.45) is 0 Å². The fourth-order valence-electron chi connectivity index (χ4n) is 1.08. The second-order valence-electron chi connectivity index (χ2n) is 2.69. The van der Waals surface area contributed by atoms with Crippen molar-refractivity contribution < 1.29 is 4.74 Å². The van der Waals surface area contributed by atoms with Gasteiger partial charge in [-0.1, -0.05) is 35.5 Å². The largest absolute Gasteiger partial charge is 0.496 e. The summed E-state index contributed by atoms with van der Waals surface area (Å²) >= 11 is 8.84. The standard InChI is InChI=1S/C10H8ClNOS2/c1-13-7-4-2-3-5-8(7)15-10-12-9(11)6-14-10/h2-6H,1H3. The first-order chi connectivity index (χ1) is 7.29. The summed E-state index contributed by atoms with van der Waals surface area (Å²) in [5, 5.41) is 2.36. The zero-order chi connectivity index (χ0) is 10.7. The SMILES string of the molecule is COc1ccccc1Sc1nc(Cl)cs1. The minimum Gasteiger partial charge on any atom is -0.496 e. The molecule has 1 aromatic heterocycles. The molecule has 0 aliphatic heterocycles. The van der Waals surface area contributed by atoms with Gasteiger partial charge in [0.2, 0.25) is 0 Å². The molecule has 5 heteroatoms. The first-order valence-corrected chi connectivity index (χ1v) is 6.29. The van der Waals surface area contributed by atoms with Crippen LogP contribution in [0.4, 0.5) is 0 Å². The fourth-order valence-corrected chi connectivity index (χ4v) is 3.14. The van der Waals surface area contributed by atoms with Gasteiger partial charge in [0, 0.05) is 5.38 Å². The molecule has 0 unspecified atom stereocenters. The molecule has 1 aromatic carbocycles. The number of hydrogen-bond donors (Lipinski definition) is 0. The predicted octanol–water partition coefficient (Wildman–Crippen LogP) is 3.96. The molecule has 0 aliphatic rings. The van der Waals surface area contributed by atoms with E-state index in [9.17, 15) is 0 Å². The lowest BCUT2D eigenvalue weighted by Gasteiger charge is -2.04. The summed E-state index contributed by atoms with van der Waals surface area (Å²) in [6.07, 6.45) is 0. The van der Waals surface area contributed by atoms with Gasteiger partial charge >= 0.3 is 0 Å². The van der Waals surface area contributed by atoms with E-state index in [1.54, 1.807) is 18.9 Å². The van der Waals surface area contributed by atoms with E-state index in [0.717, 1.165) is 15.0 Å². The first-order valence-electron chi connectivity index (χ1n) is 4.21. The maximum Gasteiger partial charge on any atom is 0.156 e. The summed E-state index contributed by atoms with van der Waals surface area (Å²) in [6, 6.07) is 7.84. The van der Waals surface area contributed by atoms with Crippen LogP contribution in [0, 0.1) is 0 Å². The molecule has 0 spiro atoms. The van der Waals surface area contributed by atoms with Gasteiger partial charge in [0.15, 0.2) is 4.34 Å². The van der Waals surface area contributed by atoms with Crippen molar-refractivity contribution in [1.29, 1.82) is 0 Å². The number of aromatic nitrogens is 1. The van der Waals surface area contributed by atoms with E-state index in [2.05, 4.69) is 4.98 Å². The smallest absolute Gasteiger partial charge is 0.156 e. The van der Waals surface area contributed by atoms with Gasteiger partial charge in [-0.25, -0.2) is 4.98 Å². The van der Waals surface area contributed by atoms with E-state index in [0.29, 0.717) is 5.15 Å². The van der Waals surface area contributed by atoms with Crippen molar-refractivity contribution in [1.82, 2.24) is 4.98 Å². The Kier molecular flexibility index (Phi) is 3.51. The number of halogens is 1. The van der Waals surface area contributed by atoms with E-state index in [1.165, 1.54) is 11.3 Å². The van der Waals surface area contributed by atoms with E-state index in [1.807, 2.05) is 29.6 Å². The summed E-state index contributed by atoms with van der Waals surface area (Å²) in [5.41, 5.74) is 0. The Balaban J connectivity index is 2.23. The highest BCUT2D eigenvalue weighted by atomic mass is 35.5. The third-order valence-electron chi connectivity index (χ3n) is 1.72. The monoisotopic (exact) mass is 257 g/mol. The summed E-state index contributed by atoms with van der Waals surface area (Å²) in [4.78, 5) is 5.22. The van der Waals surface area contributed by atoms with Crippen molar-refractivity contribution in [2.45, 2.75) is 9.24 Å². The number of para-hydroxylation sites is 1. The Morgan fingerprint density at radius 3 is 2.87 bits per heavy atom. The van der Waals surface area contributed by atoms with Crippen LogP contribution in [0.2, 0.25) is 5.15 Å². The van der Waals surface area contributed by atoms with Crippen LogP contribution in [0.1, 0.15) is 0 Å². The molecule has 0 fully saturated rings. The lowest BCUT2D eigenvalue weighted by Crippen LogP contribution is -1.84. The average molecular weight is 258 g/mol. The maximum absolute atomic E-state index is 5.76. The summed E-state index contributed by atoms with van der Waals surface area (Å²) in [5.74, 6) is 0.855. The van der Waals surface area contributed by atoms with Gasteiger partial charge in [-0.05, 0) is 12.1 Å². The number of benzene rings is 1. The van der Waals surface area contributed by atoms with Gasteiger partial charge in [-0.2, -0.15) is 0 Å². The molecule has 0 radical (unpaired) electrons. The number of rotatable bonds is 3. The van der Waals surface area contributed by atoms with Gasteiger partial charge in [-0.15, -0.1) is 11.3 Å². The Bertz CT molecular complexity index is 458. The van der Waals surface area contributed by atoms with Crippen LogP contribution in [0.15, 0.2) is 38.9 Å². The van der Waals surface area contributed by atoms with Crippen molar-refractivity contribution in [3.63, 3.8) is 0 Å². The van der Waals surface area contributed by atoms with Crippen molar-refractivity contribution in [2.75, 3.05) is 7.11 Å². The summed E-state index contributed by atoms with van der Waals surface area (Å²) in [6.45, 7) is 0. The molecule has 0 saturated heterocycles. The lowest BCUT2D eigenvalue weighted by molar-refractivity contribution is 0.405. The fraction of sp³-hybridized carbons (Fsp3) is 0.100. The van der Waals surface area contributed by atoms with E-state index < -0.39 is 0 Å². The highest BCUT2D eigenvalue weighted by molar-refractivity contribution is 8.01. The lowest BCUT2D eigenvalue weighted by atomic mass is 10.3. The summed E-state index contributed by atoms with van der Waals surface area (Å²) < 4.78 is 6.17. The molecular weight excluding hydrogens is 250 g/mol. The topological polar surface area (TPSA) is 22.1 Å². The Hall–Kier alpha value is -0.710. The number of nitrogens with zero attached hydrogens (tertiary/aromatic N) is 1. The van der Waals surface area contributed by atoms with Crippen LogP contribution in [0.25, 0.3) is 0 Å². The highest BCUT2D eigenvalue weighted by Gasteiger charge is 2.06. The normalized spacial score (nSPS) is 10.3. The minimum absolute atomic E-state index is 0.539. The quantitative estimate of drug-likeness (QED) is 0.831. The van der Waals surface area contributed by atoms with E-state index >= 15 is 0 Å². The average Bonchev–Trinajstić information content (AvgIpc) is 2.65. The molecule has 78 valence electrons. The van der Waals surface area contributed by atoms with Crippen molar-refractivity contribution >= 4 is 34.7 Å². The van der Waals surface area contributed by atoms with Crippen LogP contribution in [-0.4, -0.2) is 12.1 Å². The highest BCUT2D eigenvalue weighted by Crippen LogP contribution is 2.36. The maximum atomic E-state index is 5.76. The molecule has 0 bridgehead atoms. The van der Waals surface area contributed by atoms with Crippen LogP contribution >= 0.6 is 34.7 Å². The van der Waals surface area contributed by atoms with Crippen LogP contribution in [0.3, 0.4) is 0 Å². The molecule has 0 atom stereocenters.